The van der Waals surface area contributed by atoms with Gasteiger partial charge in [-0.2, -0.15) is 0 Å². The molecule has 6 nitrogen and oxygen atoms in total. The number of carbonyl (C=O) groups is 2. The number of hydrogen-bond donors (Lipinski definition) is 1. The molecule has 1 fully saturated rings. The van der Waals surface area contributed by atoms with Crippen LogP contribution in [0.25, 0.3) is 11.1 Å². The molecular formula is C22H29N3O3S. The molecule has 1 aliphatic rings. The number of amides is 1. The highest BCUT2D eigenvalue weighted by molar-refractivity contribution is 7.15. The Balaban J connectivity index is 1.73. The molecule has 1 saturated heterocycles. The van der Waals surface area contributed by atoms with Crippen LogP contribution < -0.4 is 5.32 Å². The third kappa shape index (κ3) is 5.65. The van der Waals surface area contributed by atoms with Crippen molar-refractivity contribution >= 4 is 28.2 Å². The van der Waals surface area contributed by atoms with Gasteiger partial charge in [0.05, 0.1) is 13.2 Å². The number of anilines is 1. The summed E-state index contributed by atoms with van der Waals surface area (Å²) in [5.74, 6) is -0.502. The standard InChI is InChI=1S/C22H29N3O3S/c1-3-24-11-8-12-25(14-13-24)15-19(26)23-21-20(22(27)28-4-2)18(16-29-21)17-9-6-5-7-10-17/h5-7,9-10,16H,3-4,8,11-15H2,1-2H3,(H,23,26). The summed E-state index contributed by atoms with van der Waals surface area (Å²) in [5, 5.41) is 5.41. The van der Waals surface area contributed by atoms with Crippen molar-refractivity contribution in [3.63, 3.8) is 0 Å². The predicted molar refractivity (Wildman–Crippen MR) is 118 cm³/mol. The van der Waals surface area contributed by atoms with Crippen molar-refractivity contribution in [3.05, 3.63) is 41.3 Å². The van der Waals surface area contributed by atoms with Gasteiger partial charge in [-0.3, -0.25) is 9.69 Å². The van der Waals surface area contributed by atoms with E-state index in [-0.39, 0.29) is 12.5 Å². The van der Waals surface area contributed by atoms with Gasteiger partial charge in [0.15, 0.2) is 0 Å². The van der Waals surface area contributed by atoms with E-state index in [1.165, 1.54) is 11.3 Å². The third-order valence-corrected chi connectivity index (χ3v) is 6.00. The Kier molecular flexibility index (Phi) is 7.80. The van der Waals surface area contributed by atoms with Gasteiger partial charge >= 0.3 is 5.97 Å². The lowest BCUT2D eigenvalue weighted by Crippen LogP contribution is -2.36. The molecule has 1 aliphatic heterocycles. The van der Waals surface area contributed by atoms with Gasteiger partial charge in [0, 0.05) is 24.0 Å². The Hall–Kier alpha value is -2.22. The second kappa shape index (κ2) is 10.5. The van der Waals surface area contributed by atoms with Gasteiger partial charge in [-0.25, -0.2) is 4.79 Å². The zero-order valence-electron chi connectivity index (χ0n) is 17.1. The Labute approximate surface area is 176 Å². The molecule has 3 rings (SSSR count). The number of carbonyl (C=O) groups excluding carboxylic acids is 2. The molecule has 1 aromatic carbocycles. The molecular weight excluding hydrogens is 386 g/mol. The van der Waals surface area contributed by atoms with E-state index < -0.39 is 5.97 Å². The zero-order chi connectivity index (χ0) is 20.6. The summed E-state index contributed by atoms with van der Waals surface area (Å²) in [7, 11) is 0. The minimum atomic E-state index is -0.406. The van der Waals surface area contributed by atoms with Crippen molar-refractivity contribution in [2.24, 2.45) is 0 Å². The number of thiophene rings is 1. The van der Waals surface area contributed by atoms with E-state index in [0.29, 0.717) is 17.1 Å². The summed E-state index contributed by atoms with van der Waals surface area (Å²) in [6.45, 7) is 9.46. The number of esters is 1. The molecule has 1 aromatic heterocycles. The van der Waals surface area contributed by atoms with E-state index in [1.54, 1.807) is 6.92 Å². The molecule has 1 N–H and O–H groups in total. The van der Waals surface area contributed by atoms with Crippen molar-refractivity contribution < 1.29 is 14.3 Å². The minimum absolute atomic E-state index is 0.0954. The SMILES string of the molecule is CCOC(=O)c1c(-c2ccccc2)csc1NC(=O)CN1CCCN(CC)CC1. The van der Waals surface area contributed by atoms with E-state index in [2.05, 4.69) is 22.0 Å². The Morgan fingerprint density at radius 2 is 1.79 bits per heavy atom. The lowest BCUT2D eigenvalue weighted by atomic mass is 10.0. The van der Waals surface area contributed by atoms with E-state index in [0.717, 1.165) is 50.3 Å². The number of rotatable bonds is 7. The molecule has 0 spiro atoms. The fraction of sp³-hybridized carbons (Fsp3) is 0.455. The Bertz CT molecular complexity index is 822. The molecule has 0 saturated carbocycles. The average molecular weight is 416 g/mol. The van der Waals surface area contributed by atoms with Gasteiger partial charge in [-0.05, 0) is 38.5 Å². The van der Waals surface area contributed by atoms with Crippen LogP contribution in [0.1, 0.15) is 30.6 Å². The van der Waals surface area contributed by atoms with Crippen LogP contribution in [0.2, 0.25) is 0 Å². The van der Waals surface area contributed by atoms with Gasteiger partial charge in [0.25, 0.3) is 0 Å². The fourth-order valence-electron chi connectivity index (χ4n) is 3.55. The van der Waals surface area contributed by atoms with Gasteiger partial charge < -0.3 is 15.0 Å². The van der Waals surface area contributed by atoms with Crippen molar-refractivity contribution in [2.45, 2.75) is 20.3 Å². The molecule has 156 valence electrons. The number of benzene rings is 1. The average Bonchev–Trinajstić information content (AvgIpc) is 3.00. The second-order valence-corrected chi connectivity index (χ2v) is 7.93. The molecule has 0 radical (unpaired) electrons. The van der Waals surface area contributed by atoms with Gasteiger partial charge in [-0.15, -0.1) is 11.3 Å². The van der Waals surface area contributed by atoms with Crippen LogP contribution >= 0.6 is 11.3 Å². The molecule has 0 aliphatic carbocycles. The van der Waals surface area contributed by atoms with Crippen LogP contribution in [0.3, 0.4) is 0 Å². The van der Waals surface area contributed by atoms with Crippen LogP contribution in [0.15, 0.2) is 35.7 Å². The monoisotopic (exact) mass is 415 g/mol. The number of nitrogens with one attached hydrogen (secondary N) is 1. The summed E-state index contributed by atoms with van der Waals surface area (Å²) >= 11 is 1.36. The first-order chi connectivity index (χ1) is 14.1. The number of hydrogen-bond acceptors (Lipinski definition) is 6. The maximum Gasteiger partial charge on any atom is 0.341 e. The number of nitrogens with zero attached hydrogens (tertiary/aromatic N) is 2. The summed E-state index contributed by atoms with van der Waals surface area (Å²) in [5.41, 5.74) is 2.15. The van der Waals surface area contributed by atoms with Crippen LogP contribution in [-0.4, -0.2) is 67.6 Å². The highest BCUT2D eigenvalue weighted by Gasteiger charge is 2.23. The normalized spacial score (nSPS) is 15.7. The zero-order valence-corrected chi connectivity index (χ0v) is 18.0. The molecule has 7 heteroatoms. The minimum Gasteiger partial charge on any atom is -0.462 e. The molecule has 0 atom stereocenters. The molecule has 1 amide bonds. The van der Waals surface area contributed by atoms with Gasteiger partial charge in [0.1, 0.15) is 10.6 Å². The maximum atomic E-state index is 12.7. The topological polar surface area (TPSA) is 61.9 Å². The Morgan fingerprint density at radius 1 is 1.07 bits per heavy atom. The Morgan fingerprint density at radius 3 is 2.52 bits per heavy atom. The quantitative estimate of drug-likeness (QED) is 0.701. The first-order valence-electron chi connectivity index (χ1n) is 10.2. The molecule has 29 heavy (non-hydrogen) atoms. The van der Waals surface area contributed by atoms with Crippen LogP contribution in [0, 0.1) is 0 Å². The largest absolute Gasteiger partial charge is 0.462 e. The third-order valence-electron chi connectivity index (χ3n) is 5.10. The first kappa shape index (κ1) is 21.5. The van der Waals surface area contributed by atoms with Gasteiger partial charge in [-0.1, -0.05) is 37.3 Å². The van der Waals surface area contributed by atoms with E-state index in [9.17, 15) is 9.59 Å². The van der Waals surface area contributed by atoms with E-state index in [4.69, 9.17) is 4.74 Å². The highest BCUT2D eigenvalue weighted by Crippen LogP contribution is 2.36. The number of ether oxygens (including phenoxy) is 1. The summed E-state index contributed by atoms with van der Waals surface area (Å²) < 4.78 is 5.26. The summed E-state index contributed by atoms with van der Waals surface area (Å²) in [4.78, 5) is 29.9. The summed E-state index contributed by atoms with van der Waals surface area (Å²) in [6, 6.07) is 9.70. The molecule has 2 heterocycles. The van der Waals surface area contributed by atoms with Crippen molar-refractivity contribution in [2.75, 3.05) is 51.2 Å². The van der Waals surface area contributed by atoms with Crippen LogP contribution in [0.5, 0.6) is 0 Å². The highest BCUT2D eigenvalue weighted by atomic mass is 32.1. The van der Waals surface area contributed by atoms with E-state index in [1.807, 2.05) is 35.7 Å². The van der Waals surface area contributed by atoms with Crippen molar-refractivity contribution in [1.82, 2.24) is 9.80 Å². The number of likely N-dealkylation sites (N-methyl/N-ethyl adjacent to an activating group) is 1. The second-order valence-electron chi connectivity index (χ2n) is 7.05. The lowest BCUT2D eigenvalue weighted by Gasteiger charge is -2.20. The predicted octanol–water partition coefficient (Wildman–Crippen LogP) is 3.56. The van der Waals surface area contributed by atoms with Crippen LogP contribution in [-0.2, 0) is 9.53 Å². The fourth-order valence-corrected chi connectivity index (χ4v) is 4.53. The first-order valence-corrected chi connectivity index (χ1v) is 11.1. The molecule has 0 unspecified atom stereocenters. The molecule has 2 aromatic rings. The maximum absolute atomic E-state index is 12.7. The van der Waals surface area contributed by atoms with Crippen molar-refractivity contribution in [3.8, 4) is 11.1 Å². The van der Waals surface area contributed by atoms with Crippen molar-refractivity contribution in [1.29, 1.82) is 0 Å². The van der Waals surface area contributed by atoms with Crippen LogP contribution in [0.4, 0.5) is 5.00 Å². The lowest BCUT2D eigenvalue weighted by molar-refractivity contribution is -0.117. The summed E-state index contributed by atoms with van der Waals surface area (Å²) in [6.07, 6.45) is 1.06. The van der Waals surface area contributed by atoms with E-state index >= 15 is 0 Å². The van der Waals surface area contributed by atoms with Gasteiger partial charge in [0.2, 0.25) is 5.91 Å². The smallest absolute Gasteiger partial charge is 0.341 e. The molecule has 0 bridgehead atoms.